The van der Waals surface area contributed by atoms with Crippen LogP contribution < -0.4 is 14.8 Å². The average molecular weight is 395 g/mol. The van der Waals surface area contributed by atoms with Crippen LogP contribution >= 0.6 is 0 Å². The van der Waals surface area contributed by atoms with Gasteiger partial charge >= 0.3 is 0 Å². The third-order valence-corrected chi connectivity index (χ3v) is 5.21. The topological polar surface area (TPSA) is 90.6 Å². The Bertz CT molecular complexity index is 981. The molecule has 3 aromatic rings. The van der Waals surface area contributed by atoms with Gasteiger partial charge in [-0.05, 0) is 37.0 Å². The third kappa shape index (κ3) is 4.47. The first-order chi connectivity index (χ1) is 14.2. The molecule has 1 aromatic carbocycles. The van der Waals surface area contributed by atoms with Crippen LogP contribution in [0.4, 0.5) is 0 Å². The van der Waals surface area contributed by atoms with Crippen molar-refractivity contribution in [2.45, 2.75) is 32.1 Å². The van der Waals surface area contributed by atoms with Crippen LogP contribution in [0.2, 0.25) is 0 Å². The number of nitrogens with one attached hydrogen (secondary N) is 1. The number of carbonyl (C=O) groups excluding carboxylic acids is 1. The van der Waals surface area contributed by atoms with Crippen molar-refractivity contribution < 1.29 is 14.3 Å². The van der Waals surface area contributed by atoms with E-state index < -0.39 is 0 Å². The molecular weight excluding hydrogens is 370 g/mol. The highest BCUT2D eigenvalue weighted by molar-refractivity contribution is 5.76. The lowest BCUT2D eigenvalue weighted by Crippen LogP contribution is -2.29. The second-order valence-electron chi connectivity index (χ2n) is 7.22. The normalized spacial score (nSPS) is 14.2. The summed E-state index contributed by atoms with van der Waals surface area (Å²) < 4.78 is 12.8. The molecule has 0 bridgehead atoms. The Morgan fingerprint density at radius 3 is 2.83 bits per heavy atom. The van der Waals surface area contributed by atoms with Gasteiger partial charge in [-0.2, -0.15) is 4.52 Å². The van der Waals surface area contributed by atoms with Crippen molar-refractivity contribution >= 4 is 11.6 Å². The lowest BCUT2D eigenvalue weighted by atomic mass is 10.0. The Morgan fingerprint density at radius 2 is 2.00 bits per heavy atom. The smallest absolute Gasteiger partial charge is 0.231 e. The minimum Gasteiger partial charge on any atom is -0.496 e. The summed E-state index contributed by atoms with van der Waals surface area (Å²) in [5.41, 5.74) is 1.41. The lowest BCUT2D eigenvalue weighted by molar-refractivity contribution is -0.122. The second-order valence-corrected chi connectivity index (χ2v) is 7.22. The van der Waals surface area contributed by atoms with Gasteiger partial charge in [-0.1, -0.05) is 25.0 Å². The fourth-order valence-corrected chi connectivity index (χ4v) is 3.74. The Hall–Kier alpha value is -3.16. The summed E-state index contributed by atoms with van der Waals surface area (Å²) in [7, 11) is 1.62. The molecule has 8 nitrogen and oxygen atoms in total. The van der Waals surface area contributed by atoms with Crippen molar-refractivity contribution in [3.8, 4) is 23.0 Å². The van der Waals surface area contributed by atoms with Crippen molar-refractivity contribution in [2.24, 2.45) is 5.92 Å². The molecule has 1 N–H and O–H groups in total. The van der Waals surface area contributed by atoms with Crippen LogP contribution in [0.5, 0.6) is 11.6 Å². The highest BCUT2D eigenvalue weighted by Crippen LogP contribution is 2.28. The molecule has 1 aliphatic carbocycles. The summed E-state index contributed by atoms with van der Waals surface area (Å²) in [5, 5.41) is 15.8. The van der Waals surface area contributed by atoms with Crippen molar-refractivity contribution in [1.29, 1.82) is 0 Å². The number of amides is 1. The van der Waals surface area contributed by atoms with Crippen LogP contribution in [-0.4, -0.2) is 46.0 Å². The molecule has 1 aliphatic rings. The van der Waals surface area contributed by atoms with E-state index in [1.165, 1.54) is 25.7 Å². The van der Waals surface area contributed by atoms with Crippen molar-refractivity contribution in [2.75, 3.05) is 20.3 Å². The average Bonchev–Trinajstić information content (AvgIpc) is 3.40. The summed E-state index contributed by atoms with van der Waals surface area (Å²) in [4.78, 5) is 12.0. The van der Waals surface area contributed by atoms with E-state index in [9.17, 15) is 4.79 Å². The van der Waals surface area contributed by atoms with Gasteiger partial charge in [0.15, 0.2) is 11.5 Å². The maximum atomic E-state index is 12.0. The lowest BCUT2D eigenvalue weighted by Gasteiger charge is -2.10. The standard InChI is InChI=1S/C21H25N5O3/c1-28-17-9-5-4-8-16(17)21-24-23-18-10-11-20(25-26(18)21)29-13-12-22-19(27)14-15-6-2-3-7-15/h4-5,8-11,15H,2-3,6-7,12-14H2,1H3,(H,22,27). The van der Waals surface area contributed by atoms with Crippen molar-refractivity contribution in [3.63, 3.8) is 0 Å². The fourth-order valence-electron chi connectivity index (χ4n) is 3.74. The number of carbonyl (C=O) groups is 1. The molecule has 8 heteroatoms. The molecular formula is C21H25N5O3. The van der Waals surface area contributed by atoms with Crippen LogP contribution in [-0.2, 0) is 4.79 Å². The summed E-state index contributed by atoms with van der Waals surface area (Å²) >= 11 is 0. The molecule has 0 saturated heterocycles. The molecule has 1 fully saturated rings. The first-order valence-corrected chi connectivity index (χ1v) is 10.00. The molecule has 0 aliphatic heterocycles. The van der Waals surface area contributed by atoms with Gasteiger partial charge < -0.3 is 14.8 Å². The van der Waals surface area contributed by atoms with Crippen LogP contribution in [0.15, 0.2) is 36.4 Å². The van der Waals surface area contributed by atoms with Gasteiger partial charge in [0, 0.05) is 12.5 Å². The van der Waals surface area contributed by atoms with Gasteiger partial charge in [0.2, 0.25) is 11.8 Å². The first-order valence-electron chi connectivity index (χ1n) is 10.00. The van der Waals surface area contributed by atoms with Gasteiger partial charge in [-0.3, -0.25) is 4.79 Å². The molecule has 1 saturated carbocycles. The monoisotopic (exact) mass is 395 g/mol. The van der Waals surface area contributed by atoms with Crippen molar-refractivity contribution in [1.82, 2.24) is 25.1 Å². The number of nitrogens with zero attached hydrogens (tertiary/aromatic N) is 4. The Morgan fingerprint density at radius 1 is 1.17 bits per heavy atom. The van der Waals surface area contributed by atoms with E-state index in [4.69, 9.17) is 9.47 Å². The van der Waals surface area contributed by atoms with E-state index in [1.54, 1.807) is 23.8 Å². The quantitative estimate of drug-likeness (QED) is 0.590. The Labute approximate surface area is 169 Å². The number of ether oxygens (including phenoxy) is 2. The highest BCUT2D eigenvalue weighted by atomic mass is 16.5. The van der Waals surface area contributed by atoms with Gasteiger partial charge in [0.05, 0.1) is 19.2 Å². The number of benzene rings is 1. The molecule has 0 atom stereocenters. The molecule has 2 heterocycles. The SMILES string of the molecule is COc1ccccc1-c1nnc2ccc(OCCNC(=O)CC3CCCC3)nn12. The van der Waals surface area contributed by atoms with E-state index in [-0.39, 0.29) is 5.91 Å². The predicted molar refractivity (Wildman–Crippen MR) is 108 cm³/mol. The molecule has 1 amide bonds. The number of hydrogen-bond acceptors (Lipinski definition) is 6. The molecule has 4 rings (SSSR count). The Kier molecular flexibility index (Phi) is 5.88. The number of hydrogen-bond donors (Lipinski definition) is 1. The maximum Gasteiger partial charge on any atom is 0.231 e. The summed E-state index contributed by atoms with van der Waals surface area (Å²) in [6, 6.07) is 11.1. The largest absolute Gasteiger partial charge is 0.496 e. The Balaban J connectivity index is 1.38. The molecule has 2 aromatic heterocycles. The van der Waals surface area contributed by atoms with E-state index in [0.29, 0.717) is 48.6 Å². The van der Waals surface area contributed by atoms with E-state index in [2.05, 4.69) is 20.6 Å². The van der Waals surface area contributed by atoms with Crippen LogP contribution in [0, 0.1) is 5.92 Å². The molecule has 152 valence electrons. The van der Waals surface area contributed by atoms with E-state index in [1.807, 2.05) is 24.3 Å². The minimum absolute atomic E-state index is 0.0983. The molecule has 0 spiro atoms. The number of fused-ring (bicyclic) bond motifs is 1. The number of rotatable bonds is 8. The van der Waals surface area contributed by atoms with Gasteiger partial charge in [-0.15, -0.1) is 15.3 Å². The van der Waals surface area contributed by atoms with Crippen LogP contribution in [0.1, 0.15) is 32.1 Å². The number of aromatic nitrogens is 4. The van der Waals surface area contributed by atoms with Gasteiger partial charge in [0.25, 0.3) is 0 Å². The molecule has 29 heavy (non-hydrogen) atoms. The van der Waals surface area contributed by atoms with Gasteiger partial charge in [0.1, 0.15) is 12.4 Å². The summed E-state index contributed by atoms with van der Waals surface area (Å²) in [6.45, 7) is 0.799. The number of methoxy groups -OCH3 is 1. The van der Waals surface area contributed by atoms with Crippen molar-refractivity contribution in [3.05, 3.63) is 36.4 Å². The van der Waals surface area contributed by atoms with Gasteiger partial charge in [-0.25, -0.2) is 0 Å². The zero-order valence-electron chi connectivity index (χ0n) is 16.5. The second kappa shape index (κ2) is 8.89. The number of para-hydroxylation sites is 1. The van der Waals surface area contributed by atoms with Crippen LogP contribution in [0.3, 0.4) is 0 Å². The zero-order chi connectivity index (χ0) is 20.1. The van der Waals surface area contributed by atoms with Crippen LogP contribution in [0.25, 0.3) is 17.0 Å². The molecule has 0 radical (unpaired) electrons. The predicted octanol–water partition coefficient (Wildman–Crippen LogP) is 2.88. The minimum atomic E-state index is 0.0983. The van der Waals surface area contributed by atoms with E-state index in [0.717, 1.165) is 5.56 Å². The van der Waals surface area contributed by atoms with E-state index >= 15 is 0 Å². The molecule has 0 unspecified atom stereocenters. The fraction of sp³-hybridized carbons (Fsp3) is 0.429. The summed E-state index contributed by atoms with van der Waals surface area (Å²) in [5.74, 6) is 2.36. The third-order valence-electron chi connectivity index (χ3n) is 5.21. The summed E-state index contributed by atoms with van der Waals surface area (Å²) in [6.07, 6.45) is 5.44. The zero-order valence-corrected chi connectivity index (χ0v) is 16.5. The first kappa shape index (κ1) is 19.2. The maximum absolute atomic E-state index is 12.0. The highest BCUT2D eigenvalue weighted by Gasteiger charge is 2.18.